The lowest BCUT2D eigenvalue weighted by atomic mass is 10.2. The first-order valence-corrected chi connectivity index (χ1v) is 9.57. The largest absolute Gasteiger partial charge is 0.500 e. The Balaban J connectivity index is 2.38. The van der Waals surface area contributed by atoms with Crippen molar-refractivity contribution in [1.82, 2.24) is 0 Å². The topological polar surface area (TPSA) is 54.0 Å². The standard InChI is InChI=1S/C17H26O5Si/c1-15(2)17(18)21-12-8-9-13-23(19-3,20-4)22-14-16-10-6-5-7-11-16/h5-7,10-11H,1,8-9,12-14H2,2-4H3. The molecule has 0 atom stereocenters. The van der Waals surface area contributed by atoms with E-state index in [0.29, 0.717) is 24.8 Å². The predicted molar refractivity (Wildman–Crippen MR) is 90.8 cm³/mol. The van der Waals surface area contributed by atoms with Gasteiger partial charge in [-0.15, -0.1) is 0 Å². The normalized spacial score (nSPS) is 11.3. The fraction of sp³-hybridized carbons (Fsp3) is 0.471. The molecule has 1 rings (SSSR count). The molecule has 0 aliphatic rings. The maximum Gasteiger partial charge on any atom is 0.500 e. The van der Waals surface area contributed by atoms with Crippen LogP contribution in [0.25, 0.3) is 0 Å². The molecule has 23 heavy (non-hydrogen) atoms. The number of carbonyl (C=O) groups excluding carboxylic acids is 1. The zero-order valence-corrected chi connectivity index (χ0v) is 15.2. The van der Waals surface area contributed by atoms with E-state index >= 15 is 0 Å². The Kier molecular flexibility index (Phi) is 8.79. The highest BCUT2D eigenvalue weighted by molar-refractivity contribution is 6.60. The smallest absolute Gasteiger partial charge is 0.462 e. The molecule has 0 bridgehead atoms. The Labute approximate surface area is 139 Å². The van der Waals surface area contributed by atoms with Gasteiger partial charge < -0.3 is 18.0 Å². The minimum absolute atomic E-state index is 0.354. The summed E-state index contributed by atoms with van der Waals surface area (Å²) in [6, 6.07) is 10.6. The van der Waals surface area contributed by atoms with Crippen LogP contribution in [0.4, 0.5) is 0 Å². The summed E-state index contributed by atoms with van der Waals surface area (Å²) in [5.41, 5.74) is 1.49. The maximum atomic E-state index is 11.3. The van der Waals surface area contributed by atoms with Crippen molar-refractivity contribution < 1.29 is 22.8 Å². The third kappa shape index (κ3) is 7.09. The summed E-state index contributed by atoms with van der Waals surface area (Å²) in [6.07, 6.45) is 1.53. The second-order valence-corrected chi connectivity index (χ2v) is 8.21. The first-order chi connectivity index (χ1) is 11.0. The summed E-state index contributed by atoms with van der Waals surface area (Å²) >= 11 is 0. The van der Waals surface area contributed by atoms with Crippen LogP contribution in [-0.2, 0) is 29.4 Å². The van der Waals surface area contributed by atoms with Crippen LogP contribution in [0.2, 0.25) is 6.04 Å². The Morgan fingerprint density at radius 3 is 2.35 bits per heavy atom. The van der Waals surface area contributed by atoms with Gasteiger partial charge in [-0.2, -0.15) is 0 Å². The third-order valence-corrected chi connectivity index (χ3v) is 6.18. The van der Waals surface area contributed by atoms with Gasteiger partial charge in [0.2, 0.25) is 0 Å². The van der Waals surface area contributed by atoms with Crippen LogP contribution in [0, 0.1) is 0 Å². The molecule has 0 saturated heterocycles. The van der Waals surface area contributed by atoms with E-state index in [2.05, 4.69) is 6.58 Å². The highest BCUT2D eigenvalue weighted by atomic mass is 28.4. The molecule has 5 nitrogen and oxygen atoms in total. The summed E-state index contributed by atoms with van der Waals surface area (Å²) in [5.74, 6) is -0.354. The molecule has 0 aromatic heterocycles. The summed E-state index contributed by atoms with van der Waals surface area (Å²) in [5, 5.41) is 0. The van der Waals surface area contributed by atoms with Gasteiger partial charge in [-0.3, -0.25) is 0 Å². The first-order valence-electron chi connectivity index (χ1n) is 7.64. The summed E-state index contributed by atoms with van der Waals surface area (Å²) in [6.45, 7) is 6.00. The summed E-state index contributed by atoms with van der Waals surface area (Å²) in [4.78, 5) is 11.3. The molecule has 0 spiro atoms. The minimum atomic E-state index is -2.68. The molecular formula is C17H26O5Si. The SMILES string of the molecule is C=C(C)C(=O)OCCCC[Si](OC)(OC)OCc1ccccc1. The van der Waals surface area contributed by atoms with Crippen molar-refractivity contribution in [3.05, 3.63) is 48.0 Å². The maximum absolute atomic E-state index is 11.3. The van der Waals surface area contributed by atoms with Crippen molar-refractivity contribution in [3.63, 3.8) is 0 Å². The second-order valence-electron chi connectivity index (χ2n) is 5.24. The van der Waals surface area contributed by atoms with E-state index in [1.54, 1.807) is 21.1 Å². The molecule has 6 heteroatoms. The van der Waals surface area contributed by atoms with Crippen molar-refractivity contribution in [2.45, 2.75) is 32.4 Å². The monoisotopic (exact) mass is 338 g/mol. The van der Waals surface area contributed by atoms with E-state index in [9.17, 15) is 4.79 Å². The molecule has 0 heterocycles. The van der Waals surface area contributed by atoms with Gasteiger partial charge in [0, 0.05) is 25.8 Å². The second kappa shape index (κ2) is 10.3. The molecule has 0 radical (unpaired) electrons. The molecule has 0 saturated carbocycles. The number of hydrogen-bond donors (Lipinski definition) is 0. The third-order valence-electron chi connectivity index (χ3n) is 3.38. The van der Waals surface area contributed by atoms with Crippen molar-refractivity contribution in [1.29, 1.82) is 0 Å². The molecular weight excluding hydrogens is 312 g/mol. The highest BCUT2D eigenvalue weighted by Gasteiger charge is 2.38. The molecule has 0 N–H and O–H groups in total. The number of benzene rings is 1. The number of hydrogen-bond acceptors (Lipinski definition) is 5. The minimum Gasteiger partial charge on any atom is -0.462 e. The Bertz CT molecular complexity index is 485. The molecule has 128 valence electrons. The first kappa shape index (κ1) is 19.6. The number of ether oxygens (including phenoxy) is 1. The summed E-state index contributed by atoms with van der Waals surface area (Å²) in [7, 11) is 0.543. The number of esters is 1. The average Bonchev–Trinajstić information content (AvgIpc) is 2.58. The van der Waals surface area contributed by atoms with Gasteiger partial charge in [-0.05, 0) is 25.3 Å². The van der Waals surface area contributed by atoms with Crippen molar-refractivity contribution in [2.75, 3.05) is 20.8 Å². The molecule has 0 aliphatic heterocycles. The van der Waals surface area contributed by atoms with Gasteiger partial charge in [0.25, 0.3) is 0 Å². The van der Waals surface area contributed by atoms with Gasteiger partial charge in [0.05, 0.1) is 13.2 Å². The lowest BCUT2D eigenvalue weighted by molar-refractivity contribution is -0.139. The Morgan fingerprint density at radius 2 is 1.78 bits per heavy atom. The van der Waals surface area contributed by atoms with Crippen LogP contribution < -0.4 is 0 Å². The lowest BCUT2D eigenvalue weighted by Crippen LogP contribution is -2.43. The zero-order chi connectivity index (χ0) is 17.1. The van der Waals surface area contributed by atoms with E-state index in [1.807, 2.05) is 30.3 Å². The van der Waals surface area contributed by atoms with Crippen molar-refractivity contribution in [2.24, 2.45) is 0 Å². The average molecular weight is 338 g/mol. The van der Waals surface area contributed by atoms with E-state index < -0.39 is 8.80 Å². The van der Waals surface area contributed by atoms with Gasteiger partial charge >= 0.3 is 14.8 Å². The highest BCUT2D eigenvalue weighted by Crippen LogP contribution is 2.19. The lowest BCUT2D eigenvalue weighted by Gasteiger charge is -2.26. The molecule has 1 aromatic carbocycles. The van der Waals surface area contributed by atoms with Crippen LogP contribution in [0.1, 0.15) is 25.3 Å². The van der Waals surface area contributed by atoms with Crippen LogP contribution in [0.3, 0.4) is 0 Å². The van der Waals surface area contributed by atoms with Gasteiger partial charge in [-0.1, -0.05) is 36.9 Å². The van der Waals surface area contributed by atoms with Gasteiger partial charge in [0.1, 0.15) is 0 Å². The Hall–Kier alpha value is -1.47. The summed E-state index contributed by atoms with van der Waals surface area (Å²) < 4.78 is 22.1. The number of carbonyl (C=O) groups is 1. The molecule has 0 fully saturated rings. The molecule has 0 amide bonds. The van der Waals surface area contributed by atoms with Crippen LogP contribution in [0.5, 0.6) is 0 Å². The van der Waals surface area contributed by atoms with Crippen molar-refractivity contribution in [3.8, 4) is 0 Å². The molecule has 0 aliphatic carbocycles. The molecule has 1 aromatic rings. The fourth-order valence-corrected chi connectivity index (χ4v) is 4.00. The van der Waals surface area contributed by atoms with Gasteiger partial charge in [-0.25, -0.2) is 4.79 Å². The van der Waals surface area contributed by atoms with Crippen LogP contribution in [-0.4, -0.2) is 35.6 Å². The zero-order valence-electron chi connectivity index (χ0n) is 14.2. The quantitative estimate of drug-likeness (QED) is 0.268. The van der Waals surface area contributed by atoms with Crippen molar-refractivity contribution >= 4 is 14.8 Å². The van der Waals surface area contributed by atoms with Crippen LogP contribution in [0.15, 0.2) is 42.5 Å². The van der Waals surface area contributed by atoms with E-state index in [1.165, 1.54) is 0 Å². The number of unbranched alkanes of at least 4 members (excludes halogenated alkanes) is 1. The fourth-order valence-electron chi connectivity index (χ4n) is 1.98. The Morgan fingerprint density at radius 1 is 1.13 bits per heavy atom. The van der Waals surface area contributed by atoms with E-state index in [-0.39, 0.29) is 5.97 Å². The van der Waals surface area contributed by atoms with Gasteiger partial charge in [0.15, 0.2) is 0 Å². The number of rotatable bonds is 11. The predicted octanol–water partition coefficient (Wildman–Crippen LogP) is 3.33. The van der Waals surface area contributed by atoms with E-state index in [4.69, 9.17) is 18.0 Å². The van der Waals surface area contributed by atoms with E-state index in [0.717, 1.165) is 18.4 Å². The molecule has 0 unspecified atom stereocenters. The van der Waals surface area contributed by atoms with Crippen LogP contribution >= 0.6 is 0 Å².